The van der Waals surface area contributed by atoms with Gasteiger partial charge in [-0.05, 0) is 51.1 Å². The van der Waals surface area contributed by atoms with Crippen LogP contribution in [0.3, 0.4) is 0 Å². The minimum atomic E-state index is -5.55. The Labute approximate surface area is 195 Å². The van der Waals surface area contributed by atoms with Crippen molar-refractivity contribution in [2.75, 3.05) is 12.0 Å². The van der Waals surface area contributed by atoms with Gasteiger partial charge in [0.2, 0.25) is 4.90 Å². The summed E-state index contributed by atoms with van der Waals surface area (Å²) in [6.07, 6.45) is 2.41. The van der Waals surface area contributed by atoms with Gasteiger partial charge in [-0.1, -0.05) is 19.4 Å². The van der Waals surface area contributed by atoms with Crippen molar-refractivity contribution >= 4 is 38.1 Å². The lowest BCUT2D eigenvalue weighted by Gasteiger charge is -2.28. The molecule has 0 aliphatic heterocycles. The van der Waals surface area contributed by atoms with Gasteiger partial charge in [0.15, 0.2) is 0 Å². The normalized spacial score (nSPS) is 12.4. The van der Waals surface area contributed by atoms with E-state index in [4.69, 9.17) is 0 Å². The summed E-state index contributed by atoms with van der Waals surface area (Å²) >= 11 is 0. The molecule has 1 atom stereocenters. The van der Waals surface area contributed by atoms with Gasteiger partial charge in [-0.2, -0.15) is 0 Å². The van der Waals surface area contributed by atoms with Gasteiger partial charge in [0.25, 0.3) is 5.69 Å². The van der Waals surface area contributed by atoms with Gasteiger partial charge in [-0.15, -0.1) is 0 Å². The fourth-order valence-electron chi connectivity index (χ4n) is 2.27. The van der Waals surface area contributed by atoms with E-state index in [9.17, 15) is 43.3 Å². The highest BCUT2D eigenvalue weighted by Crippen LogP contribution is 2.36. The third-order valence-electron chi connectivity index (χ3n) is 5.46. The zero-order valence-corrected chi connectivity index (χ0v) is 21.4. The summed E-state index contributed by atoms with van der Waals surface area (Å²) in [5, 5.41) is 31.6. The van der Waals surface area contributed by atoms with Gasteiger partial charge in [-0.3, -0.25) is 30.3 Å². The first kappa shape index (κ1) is 30.4. The summed E-state index contributed by atoms with van der Waals surface area (Å²) in [6, 6.07) is 0.329. The van der Waals surface area contributed by atoms with Crippen molar-refractivity contribution in [3.63, 3.8) is 0 Å². The summed E-state index contributed by atoms with van der Waals surface area (Å²) in [4.78, 5) is 25.8. The smallest absolute Gasteiger partial charge is 0.300 e. The van der Waals surface area contributed by atoms with Crippen LogP contribution < -0.4 is 0 Å². The molecule has 0 radical (unpaired) electrons. The van der Waals surface area contributed by atoms with Crippen molar-refractivity contribution in [3.8, 4) is 0 Å². The molecule has 12 nitrogen and oxygen atoms in total. The highest BCUT2D eigenvalue weighted by atomic mass is 32.2. The highest BCUT2D eigenvalue weighted by molar-refractivity contribution is 7.97. The number of nitro groups is 3. The first-order valence-electron chi connectivity index (χ1n) is 9.57. The van der Waals surface area contributed by atoms with E-state index in [2.05, 4.69) is 54.7 Å². The molecule has 1 rings (SSSR count). The Morgan fingerprint density at radius 1 is 0.970 bits per heavy atom. The number of hydrogen-bond donors (Lipinski definition) is 0. The average Bonchev–Trinajstić information content (AvgIpc) is 2.65. The van der Waals surface area contributed by atoms with Gasteiger partial charge in [0, 0.05) is 5.92 Å². The number of non-ortho nitro benzene ring substituents is 1. The Morgan fingerprint density at radius 3 is 1.61 bits per heavy atom. The molecule has 186 valence electrons. The molecular formula is C19H29N3O9S2. The SMILES string of the molecule is CC(C)=C(C)C[S+](C)C(C)(C)C(C)C.O=[N+]([O-])c1cc([N+](=O)[O-])c(S(=O)(=O)[O-])c([N+](=O)[O-])c1. The second-order valence-electron chi connectivity index (χ2n) is 8.36. The maximum atomic E-state index is 10.8. The molecule has 0 amide bonds. The second-order valence-corrected chi connectivity index (χ2v) is 12.3. The summed E-state index contributed by atoms with van der Waals surface area (Å²) < 4.78 is 33.0. The molecule has 0 bridgehead atoms. The molecule has 0 saturated heterocycles. The molecule has 1 aromatic rings. The van der Waals surface area contributed by atoms with E-state index >= 15 is 0 Å². The van der Waals surface area contributed by atoms with Gasteiger partial charge < -0.3 is 4.55 Å². The van der Waals surface area contributed by atoms with Crippen LogP contribution in [0, 0.1) is 36.3 Å². The minimum Gasteiger partial charge on any atom is -0.744 e. The lowest BCUT2D eigenvalue weighted by Crippen LogP contribution is -2.38. The van der Waals surface area contributed by atoms with Crippen LogP contribution in [0.5, 0.6) is 0 Å². The molecule has 0 saturated carbocycles. The molecule has 33 heavy (non-hydrogen) atoms. The van der Waals surface area contributed by atoms with E-state index in [1.165, 1.54) is 11.3 Å². The number of benzene rings is 1. The van der Waals surface area contributed by atoms with Gasteiger partial charge in [-0.25, -0.2) is 8.42 Å². The van der Waals surface area contributed by atoms with E-state index in [0.717, 1.165) is 5.92 Å². The Hall–Kier alpha value is -2.58. The Bertz CT molecular complexity index is 1030. The number of rotatable bonds is 8. The van der Waals surface area contributed by atoms with Gasteiger partial charge >= 0.3 is 11.4 Å². The van der Waals surface area contributed by atoms with Crippen LogP contribution in [0.2, 0.25) is 0 Å². The molecule has 0 spiro atoms. The van der Waals surface area contributed by atoms with Crippen LogP contribution in [0.25, 0.3) is 0 Å². The lowest BCUT2D eigenvalue weighted by atomic mass is 10.00. The third-order valence-corrected chi connectivity index (χ3v) is 9.52. The number of nitro benzene ring substituents is 3. The quantitative estimate of drug-likeness (QED) is 0.162. The molecule has 0 N–H and O–H groups in total. The average molecular weight is 508 g/mol. The predicted octanol–water partition coefficient (Wildman–Crippen LogP) is 4.34. The van der Waals surface area contributed by atoms with Crippen LogP contribution in [-0.4, -0.2) is 44.5 Å². The maximum absolute atomic E-state index is 10.8. The zero-order valence-electron chi connectivity index (χ0n) is 19.8. The zero-order chi connectivity index (χ0) is 26.5. The molecule has 0 fully saturated rings. The van der Waals surface area contributed by atoms with Crippen molar-refractivity contribution in [3.05, 3.63) is 53.6 Å². The topological polar surface area (TPSA) is 187 Å². The van der Waals surface area contributed by atoms with E-state index in [1.807, 2.05) is 0 Å². The van der Waals surface area contributed by atoms with E-state index < -0.39 is 46.8 Å². The molecular weight excluding hydrogens is 478 g/mol. The maximum Gasteiger partial charge on any atom is 0.300 e. The summed E-state index contributed by atoms with van der Waals surface area (Å²) in [5.74, 6) is 2.04. The molecule has 1 unspecified atom stereocenters. The molecule has 0 aromatic heterocycles. The van der Waals surface area contributed by atoms with Crippen molar-refractivity contribution in [1.29, 1.82) is 0 Å². The van der Waals surface area contributed by atoms with E-state index in [1.54, 1.807) is 5.57 Å². The number of allylic oxidation sites excluding steroid dienone is 1. The first-order valence-corrected chi connectivity index (χ1v) is 12.8. The lowest BCUT2D eigenvalue weighted by molar-refractivity contribution is -0.407. The predicted molar refractivity (Wildman–Crippen MR) is 125 cm³/mol. The van der Waals surface area contributed by atoms with Crippen molar-refractivity contribution in [2.45, 2.75) is 58.1 Å². The Kier molecular flexibility index (Phi) is 10.6. The van der Waals surface area contributed by atoms with Gasteiger partial charge in [0.05, 0.1) is 33.2 Å². The van der Waals surface area contributed by atoms with Crippen molar-refractivity contribution in [2.24, 2.45) is 5.92 Å². The highest BCUT2D eigenvalue weighted by Gasteiger charge is 2.38. The molecule has 0 heterocycles. The standard InChI is InChI=1S/C13H27S.C6H3N3O9S/c1-10(2)12(5)9-14(8)13(6,7)11(3)4;10-7(11)3-1-4(8(12)13)6(19(16,17)18)5(2-3)9(14)15/h11H,9H2,1-8H3;1-2H,(H,16,17,18)/q+1;/p-1. The largest absolute Gasteiger partial charge is 0.744 e. The van der Waals surface area contributed by atoms with Crippen LogP contribution in [0.15, 0.2) is 28.2 Å². The van der Waals surface area contributed by atoms with Crippen LogP contribution >= 0.6 is 0 Å². The molecule has 14 heteroatoms. The summed E-state index contributed by atoms with van der Waals surface area (Å²) in [6.45, 7) is 16.2. The Balaban J connectivity index is 0.000000653. The van der Waals surface area contributed by atoms with Crippen LogP contribution in [-0.2, 0) is 21.0 Å². The first-order chi connectivity index (χ1) is 14.7. The summed E-state index contributed by atoms with van der Waals surface area (Å²) in [7, 11) is -5.07. The van der Waals surface area contributed by atoms with Gasteiger partial charge in [0.1, 0.15) is 20.6 Å². The molecule has 0 aliphatic rings. The third kappa shape index (κ3) is 8.37. The van der Waals surface area contributed by atoms with E-state index in [0.29, 0.717) is 15.6 Å². The summed E-state index contributed by atoms with van der Waals surface area (Å²) in [5.41, 5.74) is -1.05. The fourth-order valence-corrected chi connectivity index (χ4v) is 5.17. The van der Waals surface area contributed by atoms with Crippen molar-refractivity contribution < 1.29 is 27.7 Å². The van der Waals surface area contributed by atoms with Crippen molar-refractivity contribution in [1.82, 2.24) is 0 Å². The van der Waals surface area contributed by atoms with E-state index in [-0.39, 0.29) is 12.1 Å². The monoisotopic (exact) mass is 507 g/mol. The second kappa shape index (κ2) is 11.5. The number of nitrogens with zero attached hydrogens (tertiary/aromatic N) is 3. The van der Waals surface area contributed by atoms with Crippen LogP contribution in [0.4, 0.5) is 17.1 Å². The minimum absolute atomic E-state index is 0.164. The fraction of sp³-hybridized carbons (Fsp3) is 0.579. The number of hydrogen-bond acceptors (Lipinski definition) is 9. The molecule has 1 aromatic carbocycles. The Morgan fingerprint density at radius 2 is 1.36 bits per heavy atom. The molecule has 0 aliphatic carbocycles. The van der Waals surface area contributed by atoms with Crippen LogP contribution in [0.1, 0.15) is 48.5 Å².